The van der Waals surface area contributed by atoms with Gasteiger partial charge in [-0.25, -0.2) is 4.79 Å². The maximum atomic E-state index is 12.3. The van der Waals surface area contributed by atoms with Crippen LogP contribution < -0.4 is 0 Å². The molecule has 0 aliphatic rings. The zero-order chi connectivity index (χ0) is 15.2. The Kier molecular flexibility index (Phi) is 6.05. The third-order valence-electron chi connectivity index (χ3n) is 2.84. The molecule has 0 aliphatic heterocycles. The van der Waals surface area contributed by atoms with Crippen LogP contribution in [0.3, 0.4) is 0 Å². The maximum Gasteiger partial charge on any atom is 0.410 e. The molecule has 3 nitrogen and oxygen atoms in total. The first-order valence-electron chi connectivity index (χ1n) is 7.30. The van der Waals surface area contributed by atoms with E-state index in [1.54, 1.807) is 4.90 Å². The molecule has 20 heavy (non-hydrogen) atoms. The number of ether oxygens (including phenoxy) is 1. The third kappa shape index (κ3) is 6.60. The van der Waals surface area contributed by atoms with Crippen molar-refractivity contribution in [2.75, 3.05) is 6.54 Å². The molecule has 0 atom stereocenters. The van der Waals surface area contributed by atoms with E-state index >= 15 is 0 Å². The molecule has 112 valence electrons. The third-order valence-corrected chi connectivity index (χ3v) is 2.84. The molecule has 0 aliphatic carbocycles. The number of hydrogen-bond acceptors (Lipinski definition) is 2. The molecule has 0 saturated carbocycles. The van der Waals surface area contributed by atoms with Crippen molar-refractivity contribution in [1.82, 2.24) is 4.90 Å². The Balaban J connectivity index is 2.71. The molecule has 0 fully saturated rings. The second kappa shape index (κ2) is 7.32. The molecule has 0 saturated heterocycles. The zero-order valence-corrected chi connectivity index (χ0v) is 13.3. The van der Waals surface area contributed by atoms with Crippen LogP contribution in [-0.2, 0) is 11.3 Å². The van der Waals surface area contributed by atoms with Crippen LogP contribution >= 0.6 is 0 Å². The molecule has 1 amide bonds. The summed E-state index contributed by atoms with van der Waals surface area (Å²) in [5.41, 5.74) is 0.672. The first-order valence-corrected chi connectivity index (χ1v) is 7.30. The van der Waals surface area contributed by atoms with E-state index in [1.807, 2.05) is 51.1 Å². The van der Waals surface area contributed by atoms with E-state index in [1.165, 1.54) is 0 Å². The van der Waals surface area contributed by atoms with E-state index in [4.69, 9.17) is 4.74 Å². The molecule has 0 bridgehead atoms. The van der Waals surface area contributed by atoms with Crippen molar-refractivity contribution in [3.63, 3.8) is 0 Å². The minimum atomic E-state index is -0.455. The topological polar surface area (TPSA) is 29.5 Å². The van der Waals surface area contributed by atoms with E-state index in [0.29, 0.717) is 12.5 Å². The standard InChI is InChI=1S/C17H27NO2/c1-14(2)11-12-18(16(19)20-17(3,4)5)13-15-9-7-6-8-10-15/h6-10,14H,11-13H2,1-5H3. The Hall–Kier alpha value is -1.51. The average Bonchev–Trinajstić information content (AvgIpc) is 2.33. The highest BCUT2D eigenvalue weighted by Gasteiger charge is 2.22. The summed E-state index contributed by atoms with van der Waals surface area (Å²) < 4.78 is 5.49. The SMILES string of the molecule is CC(C)CCN(Cc1ccccc1)C(=O)OC(C)(C)C. The van der Waals surface area contributed by atoms with Crippen molar-refractivity contribution in [3.05, 3.63) is 35.9 Å². The van der Waals surface area contributed by atoms with Gasteiger partial charge in [-0.1, -0.05) is 44.2 Å². The molecule has 0 unspecified atom stereocenters. The first kappa shape index (κ1) is 16.5. The first-order chi connectivity index (χ1) is 9.28. The van der Waals surface area contributed by atoms with E-state index < -0.39 is 5.60 Å². The summed E-state index contributed by atoms with van der Waals surface area (Å²) >= 11 is 0. The lowest BCUT2D eigenvalue weighted by molar-refractivity contribution is 0.0226. The number of carbonyl (C=O) groups is 1. The number of rotatable bonds is 5. The normalized spacial score (nSPS) is 11.5. The van der Waals surface area contributed by atoms with Gasteiger partial charge >= 0.3 is 6.09 Å². The fourth-order valence-corrected chi connectivity index (χ4v) is 1.78. The summed E-state index contributed by atoms with van der Waals surface area (Å²) in [4.78, 5) is 14.1. The smallest absolute Gasteiger partial charge is 0.410 e. The van der Waals surface area contributed by atoms with Crippen molar-refractivity contribution >= 4 is 6.09 Å². The van der Waals surface area contributed by atoms with Crippen LogP contribution in [0.15, 0.2) is 30.3 Å². The predicted molar refractivity (Wildman–Crippen MR) is 82.5 cm³/mol. The van der Waals surface area contributed by atoms with E-state index in [2.05, 4.69) is 13.8 Å². The summed E-state index contributed by atoms with van der Waals surface area (Å²) in [6.45, 7) is 11.3. The van der Waals surface area contributed by atoms with E-state index in [0.717, 1.165) is 18.5 Å². The summed E-state index contributed by atoms with van der Waals surface area (Å²) in [5.74, 6) is 0.565. The number of benzene rings is 1. The molecule has 1 rings (SSSR count). The van der Waals surface area contributed by atoms with Gasteiger partial charge in [0, 0.05) is 13.1 Å². The molecule has 0 aromatic heterocycles. The minimum absolute atomic E-state index is 0.234. The minimum Gasteiger partial charge on any atom is -0.444 e. The molecule has 0 heterocycles. The summed E-state index contributed by atoms with van der Waals surface area (Å²) in [5, 5.41) is 0. The molecule has 0 N–H and O–H groups in total. The highest BCUT2D eigenvalue weighted by molar-refractivity contribution is 5.68. The van der Waals surface area contributed by atoms with Gasteiger partial charge in [-0.15, -0.1) is 0 Å². The quantitative estimate of drug-likeness (QED) is 0.794. The highest BCUT2D eigenvalue weighted by Crippen LogP contribution is 2.14. The number of nitrogens with zero attached hydrogens (tertiary/aromatic N) is 1. The lowest BCUT2D eigenvalue weighted by Crippen LogP contribution is -2.37. The highest BCUT2D eigenvalue weighted by atomic mass is 16.6. The Bertz CT molecular complexity index is 407. The van der Waals surface area contributed by atoms with Crippen molar-refractivity contribution in [3.8, 4) is 0 Å². The lowest BCUT2D eigenvalue weighted by atomic mass is 10.1. The molecular weight excluding hydrogens is 250 g/mol. The maximum absolute atomic E-state index is 12.3. The second-order valence-electron chi connectivity index (χ2n) is 6.57. The Labute approximate surface area is 122 Å². The molecule has 1 aromatic rings. The van der Waals surface area contributed by atoms with Crippen molar-refractivity contribution in [2.24, 2.45) is 5.92 Å². The van der Waals surface area contributed by atoms with Crippen LogP contribution in [0.4, 0.5) is 4.79 Å². The molecule has 1 aromatic carbocycles. The average molecular weight is 277 g/mol. The van der Waals surface area contributed by atoms with Gasteiger partial charge in [0.1, 0.15) is 5.60 Å². The zero-order valence-electron chi connectivity index (χ0n) is 13.3. The molecule has 0 spiro atoms. The van der Waals surface area contributed by atoms with E-state index in [9.17, 15) is 4.79 Å². The summed E-state index contributed by atoms with van der Waals surface area (Å²) in [6, 6.07) is 10.0. The predicted octanol–water partition coefficient (Wildman–Crippen LogP) is 4.47. The van der Waals surface area contributed by atoms with Crippen LogP contribution in [0.2, 0.25) is 0 Å². The van der Waals surface area contributed by atoms with Crippen LogP contribution in [-0.4, -0.2) is 23.1 Å². The van der Waals surface area contributed by atoms with Crippen LogP contribution in [0.25, 0.3) is 0 Å². The van der Waals surface area contributed by atoms with Gasteiger partial charge in [-0.2, -0.15) is 0 Å². The lowest BCUT2D eigenvalue weighted by Gasteiger charge is -2.28. The summed E-state index contributed by atoms with van der Waals surface area (Å²) in [6.07, 6.45) is 0.744. The monoisotopic (exact) mass is 277 g/mol. The van der Waals surface area contributed by atoms with Crippen molar-refractivity contribution in [2.45, 2.75) is 53.2 Å². The molecule has 3 heteroatoms. The Morgan fingerprint density at radius 3 is 2.30 bits per heavy atom. The van der Waals surface area contributed by atoms with Gasteiger partial charge in [0.25, 0.3) is 0 Å². The number of amides is 1. The molecule has 0 radical (unpaired) electrons. The Morgan fingerprint density at radius 2 is 1.80 bits per heavy atom. The van der Waals surface area contributed by atoms with Crippen molar-refractivity contribution < 1.29 is 9.53 Å². The van der Waals surface area contributed by atoms with Crippen LogP contribution in [0, 0.1) is 5.92 Å². The van der Waals surface area contributed by atoms with E-state index in [-0.39, 0.29) is 6.09 Å². The van der Waals surface area contributed by atoms with Gasteiger partial charge in [-0.3, -0.25) is 0 Å². The Morgan fingerprint density at radius 1 is 1.20 bits per heavy atom. The second-order valence-corrected chi connectivity index (χ2v) is 6.57. The fourth-order valence-electron chi connectivity index (χ4n) is 1.78. The summed E-state index contributed by atoms with van der Waals surface area (Å²) in [7, 11) is 0. The van der Waals surface area contributed by atoms with Crippen molar-refractivity contribution in [1.29, 1.82) is 0 Å². The number of carbonyl (C=O) groups excluding carboxylic acids is 1. The van der Waals surface area contributed by atoms with Crippen LogP contribution in [0.5, 0.6) is 0 Å². The van der Waals surface area contributed by atoms with Gasteiger partial charge in [0.05, 0.1) is 0 Å². The van der Waals surface area contributed by atoms with Gasteiger partial charge in [0.2, 0.25) is 0 Å². The molecular formula is C17H27NO2. The van der Waals surface area contributed by atoms with Gasteiger partial charge in [0.15, 0.2) is 0 Å². The van der Waals surface area contributed by atoms with Gasteiger partial charge < -0.3 is 9.64 Å². The van der Waals surface area contributed by atoms with Gasteiger partial charge in [-0.05, 0) is 38.7 Å². The van der Waals surface area contributed by atoms with Crippen LogP contribution in [0.1, 0.15) is 46.6 Å². The largest absolute Gasteiger partial charge is 0.444 e. The number of hydrogen-bond donors (Lipinski definition) is 0. The fraction of sp³-hybridized carbons (Fsp3) is 0.588.